The first kappa shape index (κ1) is 23.1. The Hall–Kier alpha value is -0.930. The van der Waals surface area contributed by atoms with Crippen LogP contribution in [0.5, 0.6) is 0 Å². The molecule has 4 heteroatoms. The van der Waals surface area contributed by atoms with Crippen LogP contribution in [0.4, 0.5) is 0 Å². The zero-order chi connectivity index (χ0) is 19.1. The lowest BCUT2D eigenvalue weighted by molar-refractivity contribution is -0.131. The van der Waals surface area contributed by atoms with E-state index in [-0.39, 0.29) is 11.3 Å². The lowest BCUT2D eigenvalue weighted by atomic mass is 9.76. The minimum absolute atomic E-state index is 0.127. The zero-order valence-corrected chi connectivity index (χ0v) is 17.6. The Morgan fingerprint density at radius 3 is 1.65 bits per heavy atom. The van der Waals surface area contributed by atoms with Crippen molar-refractivity contribution in [3.8, 4) is 0 Å². The third-order valence-electron chi connectivity index (χ3n) is 6.06. The van der Waals surface area contributed by atoms with Crippen LogP contribution in [-0.4, -0.2) is 12.0 Å². The molecule has 4 nitrogen and oxygen atoms in total. The molecule has 0 aliphatic carbocycles. The summed E-state index contributed by atoms with van der Waals surface area (Å²) in [6.07, 6.45) is 20.6. The predicted molar refractivity (Wildman–Crippen MR) is 108 cm³/mol. The van der Waals surface area contributed by atoms with Gasteiger partial charge in [-0.15, -0.1) is 0 Å². The van der Waals surface area contributed by atoms with E-state index in [1.807, 2.05) is 0 Å². The number of hydrogen-bond acceptors (Lipinski definition) is 3. The van der Waals surface area contributed by atoms with Crippen molar-refractivity contribution < 1.29 is 9.63 Å². The van der Waals surface area contributed by atoms with Crippen molar-refractivity contribution in [3.63, 3.8) is 0 Å². The molecule has 0 aromatic rings. The van der Waals surface area contributed by atoms with Gasteiger partial charge in [-0.25, -0.2) is 0 Å². The highest BCUT2D eigenvalue weighted by molar-refractivity contribution is 5.82. The molecule has 1 amide bonds. The molecule has 0 saturated carbocycles. The van der Waals surface area contributed by atoms with E-state index in [4.69, 9.17) is 4.84 Å². The van der Waals surface area contributed by atoms with Gasteiger partial charge < -0.3 is 4.84 Å². The summed E-state index contributed by atoms with van der Waals surface area (Å²) in [5.74, 6) is -0.209. The maximum atomic E-state index is 11.7. The van der Waals surface area contributed by atoms with E-state index in [1.165, 1.54) is 83.5 Å². The van der Waals surface area contributed by atoms with Crippen LogP contribution < -0.4 is 0 Å². The fourth-order valence-corrected chi connectivity index (χ4v) is 3.85. The molecule has 0 bridgehead atoms. The number of unbranched alkanes of at least 4 members (excludes halogenated alkanes) is 13. The summed E-state index contributed by atoms with van der Waals surface area (Å²) in [4.78, 5) is 16.9. The average Bonchev–Trinajstić information content (AvgIpc) is 3.08. The molecule has 152 valence electrons. The quantitative estimate of drug-likeness (QED) is 0.249. The summed E-state index contributed by atoms with van der Waals surface area (Å²) in [5, 5.41) is 6.97. The van der Waals surface area contributed by atoms with E-state index < -0.39 is 6.10 Å². The monoisotopic (exact) mass is 366 g/mol. The first-order valence-corrected chi connectivity index (χ1v) is 11.2. The van der Waals surface area contributed by atoms with Gasteiger partial charge in [0.2, 0.25) is 6.10 Å². The molecule has 0 radical (unpaired) electrons. The zero-order valence-electron chi connectivity index (χ0n) is 17.6. The van der Waals surface area contributed by atoms with Gasteiger partial charge in [-0.2, -0.15) is 0 Å². The first-order chi connectivity index (χ1) is 12.6. The Morgan fingerprint density at radius 2 is 1.27 bits per heavy atom. The van der Waals surface area contributed by atoms with E-state index in [2.05, 4.69) is 31.2 Å². The third-order valence-corrected chi connectivity index (χ3v) is 6.06. The summed E-state index contributed by atoms with van der Waals surface area (Å²) >= 11 is 0. The molecule has 26 heavy (non-hydrogen) atoms. The van der Waals surface area contributed by atoms with Crippen LogP contribution in [0.3, 0.4) is 0 Å². The van der Waals surface area contributed by atoms with Crippen molar-refractivity contribution in [3.05, 3.63) is 0 Å². The summed E-state index contributed by atoms with van der Waals surface area (Å²) in [6, 6.07) is 0. The molecular formula is C22H42N2O2. The maximum Gasteiger partial charge on any atom is 0.311 e. The fraction of sp³-hybridized carbons (Fsp3) is 0.955. The smallest absolute Gasteiger partial charge is 0.311 e. The second-order valence-electron chi connectivity index (χ2n) is 8.36. The molecule has 0 fully saturated rings. The van der Waals surface area contributed by atoms with E-state index in [1.54, 1.807) is 0 Å². The minimum Gasteiger partial charge on any atom is -0.365 e. The second kappa shape index (κ2) is 14.2. The molecule has 0 aromatic heterocycles. The SMILES string of the molecule is CCCCCCCCCCCCCCCCC(C)(CC)C1ON=NC1=O. The minimum atomic E-state index is -0.463. The van der Waals surface area contributed by atoms with Gasteiger partial charge in [-0.3, -0.25) is 4.79 Å². The lowest BCUT2D eigenvalue weighted by Gasteiger charge is -2.30. The van der Waals surface area contributed by atoms with E-state index in [0.717, 1.165) is 19.3 Å². The number of rotatable bonds is 17. The molecule has 0 spiro atoms. The molecule has 1 rings (SSSR count). The molecule has 0 N–H and O–H groups in total. The van der Waals surface area contributed by atoms with Crippen molar-refractivity contribution in [1.82, 2.24) is 0 Å². The average molecular weight is 367 g/mol. The number of hydrogen-bond donors (Lipinski definition) is 0. The lowest BCUT2D eigenvalue weighted by Crippen LogP contribution is -2.36. The highest BCUT2D eigenvalue weighted by Crippen LogP contribution is 2.37. The third kappa shape index (κ3) is 9.14. The number of carbonyl (C=O) groups is 1. The Balaban J connectivity index is 1.92. The highest BCUT2D eigenvalue weighted by Gasteiger charge is 2.42. The van der Waals surface area contributed by atoms with Crippen molar-refractivity contribution >= 4 is 5.91 Å². The number of amides is 1. The van der Waals surface area contributed by atoms with Gasteiger partial charge in [-0.05, 0) is 12.8 Å². The van der Waals surface area contributed by atoms with Gasteiger partial charge in [0, 0.05) is 10.7 Å². The number of carbonyl (C=O) groups excluding carboxylic acids is 1. The fourth-order valence-electron chi connectivity index (χ4n) is 3.85. The Kier molecular flexibility index (Phi) is 12.6. The Morgan fingerprint density at radius 1 is 0.808 bits per heavy atom. The molecule has 2 unspecified atom stereocenters. The van der Waals surface area contributed by atoms with Gasteiger partial charge in [0.1, 0.15) is 0 Å². The van der Waals surface area contributed by atoms with Crippen LogP contribution in [0.1, 0.15) is 124 Å². The second-order valence-corrected chi connectivity index (χ2v) is 8.36. The molecule has 1 aliphatic rings. The largest absolute Gasteiger partial charge is 0.365 e. The van der Waals surface area contributed by atoms with E-state index in [0.29, 0.717) is 0 Å². The van der Waals surface area contributed by atoms with Crippen LogP contribution in [0.15, 0.2) is 10.4 Å². The Bertz CT molecular complexity index is 398. The van der Waals surface area contributed by atoms with Crippen LogP contribution in [0.25, 0.3) is 0 Å². The van der Waals surface area contributed by atoms with Gasteiger partial charge in [-0.1, -0.05) is 116 Å². The predicted octanol–water partition coefficient (Wildman–Crippen LogP) is 7.57. The van der Waals surface area contributed by atoms with E-state index in [9.17, 15) is 4.79 Å². The van der Waals surface area contributed by atoms with Crippen LogP contribution in [0.2, 0.25) is 0 Å². The van der Waals surface area contributed by atoms with Gasteiger partial charge in [0.15, 0.2) is 0 Å². The Labute approximate surface area is 161 Å². The maximum absolute atomic E-state index is 11.7. The summed E-state index contributed by atoms with van der Waals surface area (Å²) in [7, 11) is 0. The molecule has 0 saturated heterocycles. The van der Waals surface area contributed by atoms with E-state index >= 15 is 0 Å². The molecular weight excluding hydrogens is 324 g/mol. The summed E-state index contributed by atoms with van der Waals surface area (Å²) in [6.45, 7) is 6.53. The number of nitrogens with zero attached hydrogens (tertiary/aromatic N) is 2. The normalized spacial score (nSPS) is 18.9. The topological polar surface area (TPSA) is 51.0 Å². The van der Waals surface area contributed by atoms with Crippen molar-refractivity contribution in [1.29, 1.82) is 0 Å². The van der Waals surface area contributed by atoms with Gasteiger partial charge in [0.25, 0.3) is 0 Å². The van der Waals surface area contributed by atoms with Crippen LogP contribution in [-0.2, 0) is 9.63 Å². The van der Waals surface area contributed by atoms with Gasteiger partial charge in [0.05, 0.1) is 0 Å². The van der Waals surface area contributed by atoms with Crippen molar-refractivity contribution in [2.75, 3.05) is 0 Å². The van der Waals surface area contributed by atoms with Crippen molar-refractivity contribution in [2.45, 2.75) is 130 Å². The summed E-state index contributed by atoms with van der Waals surface area (Å²) in [5.41, 5.74) is -0.127. The highest BCUT2D eigenvalue weighted by atomic mass is 16.7. The molecule has 1 heterocycles. The van der Waals surface area contributed by atoms with Crippen molar-refractivity contribution in [2.24, 2.45) is 15.8 Å². The van der Waals surface area contributed by atoms with Crippen LogP contribution >= 0.6 is 0 Å². The van der Waals surface area contributed by atoms with Gasteiger partial charge >= 0.3 is 5.91 Å². The first-order valence-electron chi connectivity index (χ1n) is 11.2. The summed E-state index contributed by atoms with van der Waals surface area (Å²) < 4.78 is 0. The molecule has 2 atom stereocenters. The van der Waals surface area contributed by atoms with Crippen LogP contribution in [0, 0.1) is 5.41 Å². The standard InChI is InChI=1S/C22H42N2O2/c1-4-6-7-8-9-10-11-12-13-14-15-16-17-18-19-22(3,5-2)20-21(25)23-24-26-20/h20H,4-19H2,1-3H3. The molecule has 0 aromatic carbocycles. The molecule has 1 aliphatic heterocycles.